The van der Waals surface area contributed by atoms with Crippen molar-refractivity contribution in [1.29, 1.82) is 0 Å². The van der Waals surface area contributed by atoms with E-state index in [1.807, 2.05) is 20.8 Å². The minimum atomic E-state index is -3.05. The molecule has 2 aliphatic heterocycles. The largest absolute Gasteiger partial charge is 0.457 e. The molecule has 430 valence electrons. The van der Waals surface area contributed by atoms with Gasteiger partial charge in [0.1, 0.15) is 36.1 Å². The molecule has 18 nitrogen and oxygen atoms in total. The quantitative estimate of drug-likeness (QED) is 0.0762. The van der Waals surface area contributed by atoms with E-state index in [1.165, 1.54) is 25.8 Å². The third-order valence-corrected chi connectivity index (χ3v) is 28.7. The van der Waals surface area contributed by atoms with Crippen molar-refractivity contribution in [3.8, 4) is 0 Å². The van der Waals surface area contributed by atoms with E-state index >= 15 is 9.59 Å². The highest BCUT2D eigenvalue weighted by molar-refractivity contribution is 6.77. The molecule has 0 aromatic heterocycles. The van der Waals surface area contributed by atoms with Crippen molar-refractivity contribution >= 4 is 58.3 Å². The van der Waals surface area contributed by atoms with Crippen molar-refractivity contribution in [1.82, 2.24) is 10.2 Å². The van der Waals surface area contributed by atoms with Crippen molar-refractivity contribution in [3.63, 3.8) is 0 Å². The molecule has 0 radical (unpaired) electrons. The summed E-state index contributed by atoms with van der Waals surface area (Å²) in [5, 5.41) is 17.3. The van der Waals surface area contributed by atoms with Gasteiger partial charge in [-0.3, -0.25) is 24.0 Å². The summed E-state index contributed by atoms with van der Waals surface area (Å²) in [6, 6.07) is 0.927. The Morgan fingerprint density at radius 3 is 1.99 bits per heavy atom. The van der Waals surface area contributed by atoms with E-state index in [9.17, 15) is 29.1 Å². The summed E-state index contributed by atoms with van der Waals surface area (Å²) in [5.41, 5.74) is -8.29. The van der Waals surface area contributed by atoms with Gasteiger partial charge in [-0.25, -0.2) is 9.59 Å². The van der Waals surface area contributed by atoms with Gasteiger partial charge in [0.15, 0.2) is 31.9 Å². The van der Waals surface area contributed by atoms with Crippen LogP contribution >= 0.6 is 0 Å². The molecule has 5 aliphatic rings. The lowest BCUT2D eigenvalue weighted by molar-refractivity contribution is -0.346. The molecule has 2 saturated carbocycles. The highest BCUT2D eigenvalue weighted by atomic mass is 28.4. The maximum absolute atomic E-state index is 16.6. The fraction of sp³-hybridized carbons (Fsp3) is 0.804. The number of nitrogens with one attached hydrogen (secondary N) is 1. The highest BCUT2D eigenvalue weighted by Crippen LogP contribution is 2.65. The van der Waals surface area contributed by atoms with Gasteiger partial charge >= 0.3 is 30.0 Å². The van der Waals surface area contributed by atoms with Crippen LogP contribution in [-0.2, 0) is 66.0 Å². The number of amides is 2. The minimum absolute atomic E-state index is 0.0319. The summed E-state index contributed by atoms with van der Waals surface area (Å²) in [7, 11) is -4.26. The zero-order chi connectivity index (χ0) is 57.5. The summed E-state index contributed by atoms with van der Waals surface area (Å²) in [5.74, 6) is -5.92. The van der Waals surface area contributed by atoms with Crippen LogP contribution in [0.3, 0.4) is 0 Å². The highest BCUT2D eigenvalue weighted by Gasteiger charge is 2.79. The Hall–Kier alpha value is -3.96. The molecular formula is C56H92N2O16Si2. The fourth-order valence-corrected chi connectivity index (χ4v) is 22.2. The van der Waals surface area contributed by atoms with Crippen LogP contribution in [0.4, 0.5) is 4.79 Å². The Kier molecular flexibility index (Phi) is 19.4. The van der Waals surface area contributed by atoms with Crippen LogP contribution in [0, 0.1) is 16.7 Å². The number of likely N-dealkylation sites (N-methyl/N-ethyl adjacent to an activating group) is 1. The van der Waals surface area contributed by atoms with Crippen LogP contribution in [0.5, 0.6) is 0 Å². The van der Waals surface area contributed by atoms with Gasteiger partial charge in [-0.05, 0) is 93.4 Å². The molecule has 76 heavy (non-hydrogen) atoms. The molecule has 3 aliphatic carbocycles. The molecule has 11 atom stereocenters. The van der Waals surface area contributed by atoms with E-state index < -0.39 is 147 Å². The van der Waals surface area contributed by atoms with Gasteiger partial charge < -0.3 is 52.6 Å². The number of carbonyl (C=O) groups excluding carboxylic acids is 7. The number of fused-ring (bicyclic) bond motifs is 6. The number of esters is 4. The Morgan fingerprint density at radius 2 is 1.49 bits per heavy atom. The number of Topliss-reactive ketones (excluding diaryl/α,β-unsaturated/α-hetero) is 1. The second-order valence-corrected chi connectivity index (χ2v) is 35.0. The summed E-state index contributed by atoms with van der Waals surface area (Å²) in [4.78, 5) is 103. The van der Waals surface area contributed by atoms with E-state index in [1.54, 1.807) is 60.6 Å². The second kappa shape index (κ2) is 23.4. The van der Waals surface area contributed by atoms with E-state index in [0.717, 1.165) is 0 Å². The number of ketones is 1. The fourth-order valence-electron chi connectivity index (χ4n) is 13.8. The molecule has 3 bridgehead atoms. The Morgan fingerprint density at radius 1 is 0.895 bits per heavy atom. The SMILES string of the molecule is CC[Si](CC)(CC)O[C@H]1C[C@H]2OC[C@@]2(OC(C)=O)[C@H]2[C@@H]3OC(=O)CN(C)C(=O)CC/C=C\C[C@H](NC(=O)OC(C)(C)C)[C@@H](O[Si](C(C)C)(C(C)C)C(C)C)C(=O)O[C@H]4C[C@]3(O)C(C)(C)C(=C4C)[C@@H](OC(C)=O)C(=O)[C@]12C. The second-order valence-electron chi connectivity index (χ2n) is 24.8. The average Bonchev–Trinajstić information content (AvgIpc) is 3.29. The van der Waals surface area contributed by atoms with Gasteiger partial charge in [0.2, 0.25) is 14.2 Å². The Labute approximate surface area is 454 Å². The number of hydrogen-bond acceptors (Lipinski definition) is 16. The van der Waals surface area contributed by atoms with E-state index in [-0.39, 0.29) is 60.1 Å². The van der Waals surface area contributed by atoms with Crippen LogP contribution in [-0.4, -0.2) is 148 Å². The summed E-state index contributed by atoms with van der Waals surface area (Å²) >= 11 is 0. The first kappa shape index (κ1) is 62.9. The van der Waals surface area contributed by atoms with Crippen LogP contribution in [0.15, 0.2) is 23.3 Å². The lowest BCUT2D eigenvalue weighted by atomic mass is 9.44. The maximum atomic E-state index is 16.6. The normalized spacial score (nSPS) is 33.2. The predicted molar refractivity (Wildman–Crippen MR) is 289 cm³/mol. The molecule has 3 fully saturated rings. The van der Waals surface area contributed by atoms with Crippen molar-refractivity contribution in [3.05, 3.63) is 23.3 Å². The Balaban J connectivity index is 1.92. The summed E-state index contributed by atoms with van der Waals surface area (Å²) < 4.78 is 52.8. The third kappa shape index (κ3) is 11.7. The molecule has 0 aromatic carbocycles. The number of hydrogen-bond donors (Lipinski definition) is 2. The molecule has 1 saturated heterocycles. The van der Waals surface area contributed by atoms with Gasteiger partial charge in [-0.1, -0.05) is 88.3 Å². The predicted octanol–water partition coefficient (Wildman–Crippen LogP) is 8.57. The zero-order valence-electron chi connectivity index (χ0n) is 49.1. The maximum Gasteiger partial charge on any atom is 0.407 e. The van der Waals surface area contributed by atoms with Gasteiger partial charge in [0.25, 0.3) is 0 Å². The molecule has 5 rings (SSSR count). The smallest absolute Gasteiger partial charge is 0.407 e. The van der Waals surface area contributed by atoms with Crippen molar-refractivity contribution < 1.29 is 75.9 Å². The number of carbonyl (C=O) groups is 7. The molecule has 0 spiro atoms. The van der Waals surface area contributed by atoms with Gasteiger partial charge in [-0.2, -0.15) is 0 Å². The Bertz CT molecular complexity index is 2240. The summed E-state index contributed by atoms with van der Waals surface area (Å²) in [6.07, 6.45) is -5.86. The lowest BCUT2D eigenvalue weighted by Gasteiger charge is -2.68. The molecule has 2 N–H and O–H groups in total. The lowest BCUT2D eigenvalue weighted by Crippen LogP contribution is -2.82. The first-order valence-electron chi connectivity index (χ1n) is 27.7. The first-order chi connectivity index (χ1) is 35.1. The zero-order valence-corrected chi connectivity index (χ0v) is 51.1. The van der Waals surface area contributed by atoms with Crippen molar-refractivity contribution in [2.45, 2.75) is 251 Å². The molecular weight excluding hydrogens is 1010 g/mol. The monoisotopic (exact) mass is 1100 g/mol. The molecule has 0 unspecified atom stereocenters. The average molecular weight is 1110 g/mol. The van der Waals surface area contributed by atoms with Gasteiger partial charge in [-0.15, -0.1) is 0 Å². The molecule has 2 heterocycles. The summed E-state index contributed by atoms with van der Waals surface area (Å²) in [6.45, 7) is 31.8. The number of ether oxygens (including phenoxy) is 6. The van der Waals surface area contributed by atoms with Gasteiger partial charge in [0, 0.05) is 45.6 Å². The molecule has 2 amide bonds. The first-order valence-corrected chi connectivity index (χ1v) is 32.4. The van der Waals surface area contributed by atoms with Crippen LogP contribution in [0.1, 0.15) is 157 Å². The van der Waals surface area contributed by atoms with Crippen molar-refractivity contribution in [2.24, 2.45) is 16.7 Å². The third-order valence-electron chi connectivity index (χ3n) is 18.0. The number of alkyl carbamates (subject to hydrolysis) is 1. The number of rotatable bonds is 13. The van der Waals surface area contributed by atoms with Crippen LogP contribution in [0.25, 0.3) is 0 Å². The number of nitrogens with zero attached hydrogens (tertiary/aromatic N) is 1. The van der Waals surface area contributed by atoms with E-state index in [2.05, 4.69) is 46.9 Å². The number of aliphatic hydroxyl groups is 1. The van der Waals surface area contributed by atoms with Gasteiger partial charge in [0.05, 0.1) is 30.1 Å². The van der Waals surface area contributed by atoms with Crippen LogP contribution < -0.4 is 5.32 Å². The van der Waals surface area contributed by atoms with Crippen molar-refractivity contribution in [2.75, 3.05) is 20.2 Å². The molecule has 20 heteroatoms. The molecule has 0 aromatic rings. The minimum Gasteiger partial charge on any atom is -0.457 e. The van der Waals surface area contributed by atoms with Crippen LogP contribution in [0.2, 0.25) is 34.8 Å². The van der Waals surface area contributed by atoms with E-state index in [4.69, 9.17) is 37.3 Å². The van der Waals surface area contributed by atoms with E-state index in [0.29, 0.717) is 18.1 Å². The number of allylic oxidation sites excluding steroid dienone is 1. The standard InChI is InChI=1S/C56H92N2O16Si2/c1-20-75(21-2,22-3)73-40-28-41-55(31-67-41,71-37(12)60)47-49-56(66)29-39(35(10)44(53(56,16)17)46(68-36(11)59)48(63)54(40,47)18)69-50(64)45(74-76(32(4)5,33(6)7)34(8)9)38(57-51(65)72-52(13,14)15)26-24-23-25-27-42(61)58(19)30-43(62)70-49/h23-24,32-34,38-41,45-47,49,66H,20-22,25-31H2,1-19H3,(H,57,65)/b24-23-/t38-,39-,40-,41+,45+,46+,47-,49-,54+,55-,56+/m0/s1. The topological polar surface area (TPSA) is 229 Å².